The highest BCUT2D eigenvalue weighted by Gasteiger charge is 2.17. The Hall–Kier alpha value is -1.92. The van der Waals surface area contributed by atoms with Crippen LogP contribution >= 0.6 is 11.3 Å². The zero-order valence-electron chi connectivity index (χ0n) is 17.1. The molecule has 0 aliphatic rings. The van der Waals surface area contributed by atoms with Crippen molar-refractivity contribution < 1.29 is 4.74 Å². The van der Waals surface area contributed by atoms with Gasteiger partial charge in [0.15, 0.2) is 5.96 Å². The molecule has 0 saturated carbocycles. The fraction of sp³-hybridized carbons (Fsp3) is 0.524. The summed E-state index contributed by atoms with van der Waals surface area (Å²) in [6, 6.07) is 10.2. The summed E-state index contributed by atoms with van der Waals surface area (Å²) >= 11 is 1.69. The van der Waals surface area contributed by atoms with Crippen LogP contribution in [0.2, 0.25) is 0 Å². The van der Waals surface area contributed by atoms with E-state index in [1.165, 1.54) is 5.56 Å². The SMILES string of the molecule is CN=C(NCc1nc(C(C)(C)C)cs1)NCC(C)COCc1ccccc1. The third kappa shape index (κ3) is 7.69. The molecule has 0 spiro atoms. The van der Waals surface area contributed by atoms with Gasteiger partial charge in [0.1, 0.15) is 5.01 Å². The number of aliphatic imine (C=N–C) groups is 1. The highest BCUT2D eigenvalue weighted by molar-refractivity contribution is 7.09. The lowest BCUT2D eigenvalue weighted by Crippen LogP contribution is -2.39. The van der Waals surface area contributed by atoms with Crippen LogP contribution in [-0.4, -0.2) is 31.1 Å². The van der Waals surface area contributed by atoms with E-state index in [2.05, 4.69) is 60.8 Å². The van der Waals surface area contributed by atoms with E-state index in [9.17, 15) is 0 Å². The average molecular weight is 389 g/mol. The van der Waals surface area contributed by atoms with Gasteiger partial charge in [0.05, 0.1) is 25.5 Å². The molecule has 0 fully saturated rings. The molecule has 2 rings (SSSR count). The van der Waals surface area contributed by atoms with Crippen molar-refractivity contribution in [1.29, 1.82) is 0 Å². The molecule has 1 atom stereocenters. The summed E-state index contributed by atoms with van der Waals surface area (Å²) in [4.78, 5) is 8.99. The third-order valence-corrected chi connectivity index (χ3v) is 4.93. The number of hydrogen-bond donors (Lipinski definition) is 2. The van der Waals surface area contributed by atoms with E-state index in [0.29, 0.717) is 25.7 Å². The second-order valence-corrected chi connectivity index (χ2v) is 8.73. The van der Waals surface area contributed by atoms with Gasteiger partial charge in [0.25, 0.3) is 0 Å². The minimum absolute atomic E-state index is 0.0872. The van der Waals surface area contributed by atoms with Crippen LogP contribution in [0.25, 0.3) is 0 Å². The molecular formula is C21H32N4OS. The molecule has 1 aromatic heterocycles. The maximum absolute atomic E-state index is 5.80. The van der Waals surface area contributed by atoms with Gasteiger partial charge in [0.2, 0.25) is 0 Å². The van der Waals surface area contributed by atoms with Gasteiger partial charge in [-0.1, -0.05) is 58.0 Å². The monoisotopic (exact) mass is 388 g/mol. The Balaban J connectivity index is 1.68. The number of guanidine groups is 1. The highest BCUT2D eigenvalue weighted by Crippen LogP contribution is 2.23. The third-order valence-electron chi connectivity index (χ3n) is 4.08. The molecule has 1 aromatic carbocycles. The molecule has 0 saturated heterocycles. The van der Waals surface area contributed by atoms with E-state index >= 15 is 0 Å². The minimum Gasteiger partial charge on any atom is -0.376 e. The summed E-state index contributed by atoms with van der Waals surface area (Å²) < 4.78 is 5.80. The first-order valence-corrected chi connectivity index (χ1v) is 10.3. The van der Waals surface area contributed by atoms with Crippen molar-refractivity contribution >= 4 is 17.3 Å². The molecule has 2 aromatic rings. The van der Waals surface area contributed by atoms with E-state index < -0.39 is 0 Å². The molecule has 0 radical (unpaired) electrons. The van der Waals surface area contributed by atoms with Gasteiger partial charge in [-0.2, -0.15) is 0 Å². The van der Waals surface area contributed by atoms with Crippen LogP contribution in [0, 0.1) is 5.92 Å². The van der Waals surface area contributed by atoms with Gasteiger partial charge in [-0.05, 0) is 11.5 Å². The Bertz CT molecular complexity index is 706. The number of aromatic nitrogens is 1. The zero-order valence-corrected chi connectivity index (χ0v) is 17.9. The number of thiazole rings is 1. The minimum atomic E-state index is 0.0872. The molecule has 6 heteroatoms. The van der Waals surface area contributed by atoms with Gasteiger partial charge >= 0.3 is 0 Å². The van der Waals surface area contributed by atoms with Crippen molar-refractivity contribution in [1.82, 2.24) is 15.6 Å². The fourth-order valence-electron chi connectivity index (χ4n) is 2.40. The van der Waals surface area contributed by atoms with E-state index in [4.69, 9.17) is 9.72 Å². The van der Waals surface area contributed by atoms with Crippen molar-refractivity contribution in [2.24, 2.45) is 10.9 Å². The second-order valence-electron chi connectivity index (χ2n) is 7.79. The Morgan fingerprint density at radius 1 is 1.22 bits per heavy atom. The van der Waals surface area contributed by atoms with E-state index in [0.717, 1.165) is 23.2 Å². The predicted molar refractivity (Wildman–Crippen MR) is 114 cm³/mol. The fourth-order valence-corrected chi connectivity index (χ4v) is 3.36. The van der Waals surface area contributed by atoms with E-state index in [1.54, 1.807) is 18.4 Å². The van der Waals surface area contributed by atoms with Crippen molar-refractivity contribution in [2.75, 3.05) is 20.2 Å². The molecule has 148 valence electrons. The molecule has 1 unspecified atom stereocenters. The second kappa shape index (κ2) is 10.4. The molecule has 0 aliphatic carbocycles. The van der Waals surface area contributed by atoms with Gasteiger partial charge < -0.3 is 15.4 Å². The zero-order chi connectivity index (χ0) is 19.7. The van der Waals surface area contributed by atoms with Crippen molar-refractivity contribution in [2.45, 2.75) is 46.3 Å². The van der Waals surface area contributed by atoms with Gasteiger partial charge in [-0.25, -0.2) is 4.98 Å². The lowest BCUT2D eigenvalue weighted by Gasteiger charge is -2.16. The molecule has 2 N–H and O–H groups in total. The van der Waals surface area contributed by atoms with E-state index in [1.807, 2.05) is 18.2 Å². The molecular weight excluding hydrogens is 356 g/mol. The number of nitrogens with one attached hydrogen (secondary N) is 2. The lowest BCUT2D eigenvalue weighted by atomic mass is 9.93. The topological polar surface area (TPSA) is 58.5 Å². The smallest absolute Gasteiger partial charge is 0.191 e. The van der Waals surface area contributed by atoms with Crippen LogP contribution < -0.4 is 10.6 Å². The Kier molecular flexibility index (Phi) is 8.25. The van der Waals surface area contributed by atoms with Gasteiger partial charge in [-0.15, -0.1) is 11.3 Å². The number of nitrogens with zero attached hydrogens (tertiary/aromatic N) is 2. The first-order valence-electron chi connectivity index (χ1n) is 9.39. The maximum atomic E-state index is 5.80. The van der Waals surface area contributed by atoms with Crippen molar-refractivity contribution in [3.63, 3.8) is 0 Å². The van der Waals surface area contributed by atoms with Crippen LogP contribution in [0.3, 0.4) is 0 Å². The van der Waals surface area contributed by atoms with Crippen LogP contribution in [0.5, 0.6) is 0 Å². The van der Waals surface area contributed by atoms with Gasteiger partial charge in [0, 0.05) is 24.4 Å². The molecule has 0 amide bonds. The highest BCUT2D eigenvalue weighted by atomic mass is 32.1. The van der Waals surface area contributed by atoms with Gasteiger partial charge in [-0.3, -0.25) is 4.99 Å². The molecule has 0 aliphatic heterocycles. The van der Waals surface area contributed by atoms with Crippen molar-refractivity contribution in [3.05, 3.63) is 52.0 Å². The Morgan fingerprint density at radius 2 is 1.96 bits per heavy atom. The summed E-state index contributed by atoms with van der Waals surface area (Å²) in [6.07, 6.45) is 0. The van der Waals surface area contributed by atoms with Crippen LogP contribution in [-0.2, 0) is 23.3 Å². The molecule has 27 heavy (non-hydrogen) atoms. The molecule has 1 heterocycles. The first-order chi connectivity index (χ1) is 12.9. The summed E-state index contributed by atoms with van der Waals surface area (Å²) in [5.74, 6) is 1.18. The lowest BCUT2D eigenvalue weighted by molar-refractivity contribution is 0.0931. The van der Waals surface area contributed by atoms with Crippen LogP contribution in [0.15, 0.2) is 40.7 Å². The van der Waals surface area contributed by atoms with Crippen molar-refractivity contribution in [3.8, 4) is 0 Å². The summed E-state index contributed by atoms with van der Waals surface area (Å²) in [7, 11) is 1.79. The number of hydrogen-bond acceptors (Lipinski definition) is 4. The quantitative estimate of drug-likeness (QED) is 0.531. The predicted octanol–water partition coefficient (Wildman–Crippen LogP) is 3.96. The summed E-state index contributed by atoms with van der Waals surface area (Å²) in [6.45, 7) is 11.6. The largest absolute Gasteiger partial charge is 0.376 e. The Morgan fingerprint density at radius 3 is 2.59 bits per heavy atom. The standard InChI is InChI=1S/C21H32N4OS/c1-16(13-26-14-17-9-7-6-8-10-17)11-23-20(22-5)24-12-19-25-18(15-27-19)21(2,3)4/h6-10,15-16H,11-14H2,1-5H3,(H2,22,23,24). The summed E-state index contributed by atoms with van der Waals surface area (Å²) in [5.41, 5.74) is 2.42. The normalized spacial score (nSPS) is 13.4. The molecule has 0 bridgehead atoms. The maximum Gasteiger partial charge on any atom is 0.191 e. The van der Waals surface area contributed by atoms with E-state index in [-0.39, 0.29) is 5.41 Å². The first kappa shape index (κ1) is 21.4. The number of benzene rings is 1. The average Bonchev–Trinajstić information content (AvgIpc) is 3.12. The molecule has 5 nitrogen and oxygen atoms in total. The number of rotatable bonds is 8. The van der Waals surface area contributed by atoms with Crippen LogP contribution in [0.4, 0.5) is 0 Å². The Labute approximate surface area is 167 Å². The summed E-state index contributed by atoms with van der Waals surface area (Å²) in [5, 5.41) is 9.90. The number of ether oxygens (including phenoxy) is 1. The van der Waals surface area contributed by atoms with Crippen LogP contribution in [0.1, 0.15) is 44.0 Å².